The van der Waals surface area contributed by atoms with Gasteiger partial charge in [-0.3, -0.25) is 4.57 Å². The maximum absolute atomic E-state index is 11.8. The van der Waals surface area contributed by atoms with Gasteiger partial charge in [0.15, 0.2) is 5.82 Å². The predicted molar refractivity (Wildman–Crippen MR) is 61.4 cm³/mol. The van der Waals surface area contributed by atoms with Gasteiger partial charge in [-0.25, -0.2) is 9.78 Å². The Morgan fingerprint density at radius 1 is 1.38 bits per heavy atom. The van der Waals surface area contributed by atoms with E-state index in [1.807, 2.05) is 0 Å². The van der Waals surface area contributed by atoms with E-state index in [2.05, 4.69) is 10.1 Å². The van der Waals surface area contributed by atoms with Crippen molar-refractivity contribution in [2.75, 3.05) is 0 Å². The topological polar surface area (TPSA) is 52.7 Å². The van der Waals surface area contributed by atoms with Gasteiger partial charge >= 0.3 is 5.69 Å². The van der Waals surface area contributed by atoms with Gasteiger partial charge in [0.1, 0.15) is 5.82 Å². The van der Waals surface area contributed by atoms with Gasteiger partial charge in [-0.2, -0.15) is 4.68 Å². The summed E-state index contributed by atoms with van der Waals surface area (Å²) in [6.45, 7) is 1.72. The van der Waals surface area contributed by atoms with E-state index in [9.17, 15) is 4.79 Å². The fourth-order valence-corrected chi connectivity index (χ4v) is 1.70. The minimum atomic E-state index is -0.297. The maximum Gasteiger partial charge on any atom is 0.351 e. The minimum absolute atomic E-state index is 0.278. The standard InChI is InChI=1S/C9H8Cl2N4O/c1-5-13-15(9(16)14(5)2)8-7(11)3-6(10)4-12-8/h3-4H,1-2H3. The normalized spacial score (nSPS) is 10.8. The molecule has 84 valence electrons. The van der Waals surface area contributed by atoms with Crippen LogP contribution in [0.5, 0.6) is 0 Å². The Kier molecular flexibility index (Phi) is 2.73. The molecule has 2 rings (SSSR count). The van der Waals surface area contributed by atoms with Crippen LogP contribution >= 0.6 is 23.2 Å². The van der Waals surface area contributed by atoms with Crippen molar-refractivity contribution in [3.8, 4) is 5.82 Å². The van der Waals surface area contributed by atoms with E-state index < -0.39 is 0 Å². The number of nitrogens with zero attached hydrogens (tertiary/aromatic N) is 4. The van der Waals surface area contributed by atoms with Crippen molar-refractivity contribution in [1.82, 2.24) is 19.3 Å². The molecule has 0 atom stereocenters. The van der Waals surface area contributed by atoms with Gasteiger partial charge in [-0.1, -0.05) is 23.2 Å². The Bertz CT molecular complexity index is 602. The van der Waals surface area contributed by atoms with Crippen LogP contribution in [0, 0.1) is 6.92 Å². The monoisotopic (exact) mass is 258 g/mol. The summed E-state index contributed by atoms with van der Waals surface area (Å²) < 4.78 is 2.56. The second kappa shape index (κ2) is 3.92. The third-order valence-electron chi connectivity index (χ3n) is 2.19. The largest absolute Gasteiger partial charge is 0.351 e. The molecule has 7 heteroatoms. The van der Waals surface area contributed by atoms with Gasteiger partial charge in [0, 0.05) is 13.2 Å². The molecule has 0 saturated heterocycles. The van der Waals surface area contributed by atoms with Gasteiger partial charge in [0.2, 0.25) is 0 Å². The molecule has 0 aliphatic rings. The molecule has 0 aromatic carbocycles. The lowest BCUT2D eigenvalue weighted by Crippen LogP contribution is -2.22. The zero-order valence-electron chi connectivity index (χ0n) is 8.61. The van der Waals surface area contributed by atoms with E-state index in [-0.39, 0.29) is 16.5 Å². The molecule has 5 nitrogen and oxygen atoms in total. The van der Waals surface area contributed by atoms with Crippen molar-refractivity contribution >= 4 is 23.2 Å². The number of hydrogen-bond donors (Lipinski definition) is 0. The summed E-state index contributed by atoms with van der Waals surface area (Å²) in [6.07, 6.45) is 1.42. The molecule has 0 amide bonds. The number of halogens is 2. The number of hydrogen-bond acceptors (Lipinski definition) is 3. The first-order valence-electron chi connectivity index (χ1n) is 4.45. The molecule has 0 radical (unpaired) electrons. The quantitative estimate of drug-likeness (QED) is 0.781. The van der Waals surface area contributed by atoms with E-state index in [4.69, 9.17) is 23.2 Å². The average Bonchev–Trinajstić information content (AvgIpc) is 2.46. The molecule has 0 aliphatic heterocycles. The van der Waals surface area contributed by atoms with Crippen LogP contribution in [0.1, 0.15) is 5.82 Å². The minimum Gasteiger partial charge on any atom is -0.282 e. The van der Waals surface area contributed by atoms with E-state index in [1.165, 1.54) is 16.8 Å². The van der Waals surface area contributed by atoms with Crippen molar-refractivity contribution in [2.24, 2.45) is 7.05 Å². The highest BCUT2D eigenvalue weighted by Crippen LogP contribution is 2.20. The van der Waals surface area contributed by atoms with Crippen molar-refractivity contribution < 1.29 is 0 Å². The highest BCUT2D eigenvalue weighted by atomic mass is 35.5. The summed E-state index contributed by atoms with van der Waals surface area (Å²) >= 11 is 11.7. The highest BCUT2D eigenvalue weighted by molar-refractivity contribution is 6.35. The van der Waals surface area contributed by atoms with Crippen LogP contribution in [0.2, 0.25) is 10.0 Å². The van der Waals surface area contributed by atoms with Gasteiger partial charge in [0.05, 0.1) is 10.0 Å². The van der Waals surface area contributed by atoms with E-state index >= 15 is 0 Å². The Balaban J connectivity index is 2.68. The third-order valence-corrected chi connectivity index (χ3v) is 2.67. The SMILES string of the molecule is Cc1nn(-c2ncc(Cl)cc2Cl)c(=O)n1C. The van der Waals surface area contributed by atoms with Crippen molar-refractivity contribution in [1.29, 1.82) is 0 Å². The summed E-state index contributed by atoms with van der Waals surface area (Å²) in [6, 6.07) is 1.52. The summed E-state index contributed by atoms with van der Waals surface area (Å²) in [5.41, 5.74) is -0.297. The summed E-state index contributed by atoms with van der Waals surface area (Å²) in [5.74, 6) is 0.859. The van der Waals surface area contributed by atoms with Gasteiger partial charge in [-0.05, 0) is 13.0 Å². The molecule has 2 aromatic rings. The second-order valence-corrected chi connectivity index (χ2v) is 4.10. The highest BCUT2D eigenvalue weighted by Gasteiger charge is 2.12. The van der Waals surface area contributed by atoms with Crippen LogP contribution in [0.15, 0.2) is 17.1 Å². The number of aromatic nitrogens is 4. The summed E-state index contributed by atoms with van der Waals surface area (Å²) in [5, 5.41) is 4.74. The molecule has 2 heterocycles. The van der Waals surface area contributed by atoms with Crippen molar-refractivity contribution in [3.05, 3.63) is 38.6 Å². The lowest BCUT2D eigenvalue weighted by atomic mass is 10.4. The maximum atomic E-state index is 11.8. The van der Waals surface area contributed by atoms with Crippen LogP contribution < -0.4 is 5.69 Å². The van der Waals surface area contributed by atoms with Gasteiger partial charge in [-0.15, -0.1) is 5.10 Å². The van der Waals surface area contributed by atoms with Crippen LogP contribution in [-0.2, 0) is 7.05 Å². The van der Waals surface area contributed by atoms with Crippen LogP contribution in [-0.4, -0.2) is 19.3 Å². The lowest BCUT2D eigenvalue weighted by Gasteiger charge is -2.00. The summed E-state index contributed by atoms with van der Waals surface area (Å²) in [4.78, 5) is 15.7. The first kappa shape index (κ1) is 11.2. The lowest BCUT2D eigenvalue weighted by molar-refractivity contribution is 0.779. The molecule has 0 N–H and O–H groups in total. The zero-order chi connectivity index (χ0) is 11.9. The fraction of sp³-hybridized carbons (Fsp3) is 0.222. The molecule has 0 fully saturated rings. The second-order valence-electron chi connectivity index (χ2n) is 3.26. The Morgan fingerprint density at radius 2 is 2.06 bits per heavy atom. The molecule has 16 heavy (non-hydrogen) atoms. The number of pyridine rings is 1. The summed E-state index contributed by atoms with van der Waals surface area (Å²) in [7, 11) is 1.63. The molecule has 0 unspecified atom stereocenters. The Labute approximate surface area is 101 Å². The molecular weight excluding hydrogens is 251 g/mol. The molecule has 0 saturated carbocycles. The molecule has 0 aliphatic carbocycles. The van der Waals surface area contributed by atoms with Gasteiger partial charge < -0.3 is 0 Å². The smallest absolute Gasteiger partial charge is 0.282 e. The molecule has 0 spiro atoms. The molecule has 0 bridgehead atoms. The van der Waals surface area contributed by atoms with Crippen LogP contribution in [0.4, 0.5) is 0 Å². The van der Waals surface area contributed by atoms with Crippen molar-refractivity contribution in [2.45, 2.75) is 6.92 Å². The van der Waals surface area contributed by atoms with Crippen LogP contribution in [0.3, 0.4) is 0 Å². The van der Waals surface area contributed by atoms with E-state index in [0.717, 1.165) is 4.68 Å². The van der Waals surface area contributed by atoms with Crippen molar-refractivity contribution in [3.63, 3.8) is 0 Å². The average molecular weight is 259 g/mol. The first-order valence-corrected chi connectivity index (χ1v) is 5.20. The van der Waals surface area contributed by atoms with Gasteiger partial charge in [0.25, 0.3) is 0 Å². The molecule has 2 aromatic heterocycles. The zero-order valence-corrected chi connectivity index (χ0v) is 10.1. The fourth-order valence-electron chi connectivity index (χ4n) is 1.24. The Morgan fingerprint density at radius 3 is 2.56 bits per heavy atom. The number of rotatable bonds is 1. The number of aryl methyl sites for hydroxylation is 1. The Hall–Kier alpha value is -1.33. The molecular formula is C9H8Cl2N4O. The van der Waals surface area contributed by atoms with Crippen LogP contribution in [0.25, 0.3) is 5.82 Å². The first-order chi connectivity index (χ1) is 7.50. The van der Waals surface area contributed by atoms with E-state index in [0.29, 0.717) is 10.8 Å². The predicted octanol–water partition coefficient (Wildman–Crippen LogP) is 1.58. The van der Waals surface area contributed by atoms with E-state index in [1.54, 1.807) is 14.0 Å². The third kappa shape index (κ3) is 1.72.